The maximum atomic E-state index is 5.13. The Bertz CT molecular complexity index is 733. The van der Waals surface area contributed by atoms with E-state index in [0.29, 0.717) is 6.61 Å². The summed E-state index contributed by atoms with van der Waals surface area (Å²) in [5.74, 6) is 0. The van der Waals surface area contributed by atoms with Gasteiger partial charge >= 0.3 is 0 Å². The largest absolute Gasteiger partial charge is 0.377 e. The molecule has 6 heteroatoms. The summed E-state index contributed by atoms with van der Waals surface area (Å²) in [6.07, 6.45) is 0.892. The first-order chi connectivity index (χ1) is 9.72. The van der Waals surface area contributed by atoms with Crippen molar-refractivity contribution in [1.29, 1.82) is 0 Å². The molecule has 0 spiro atoms. The molecule has 0 amide bonds. The van der Waals surface area contributed by atoms with Crippen molar-refractivity contribution in [3.63, 3.8) is 0 Å². The normalized spacial score (nSPS) is 11.3. The first-order valence-corrected chi connectivity index (χ1v) is 7.96. The van der Waals surface area contributed by atoms with Crippen LogP contribution in [0.2, 0.25) is 0 Å². The lowest BCUT2D eigenvalue weighted by Gasteiger charge is -2.01. The van der Waals surface area contributed by atoms with Crippen molar-refractivity contribution in [2.24, 2.45) is 0 Å². The number of fused-ring (bicyclic) bond motifs is 1. The smallest absolute Gasteiger partial charge is 0.213 e. The zero-order valence-corrected chi connectivity index (χ0v) is 13.7. The summed E-state index contributed by atoms with van der Waals surface area (Å²) < 4.78 is 8.14. The monoisotopic (exact) mass is 351 g/mol. The number of rotatable bonds is 4. The molecule has 0 fully saturated rings. The molecule has 0 radical (unpaired) electrons. The predicted molar refractivity (Wildman–Crippen MR) is 84.1 cm³/mol. The fourth-order valence-electron chi connectivity index (χ4n) is 2.17. The summed E-state index contributed by atoms with van der Waals surface area (Å²) in [4.78, 5) is 5.66. The summed E-state index contributed by atoms with van der Waals surface area (Å²) >= 11 is 5.03. The van der Waals surface area contributed by atoms with Gasteiger partial charge in [-0.3, -0.25) is 0 Å². The quantitative estimate of drug-likeness (QED) is 0.714. The number of hydrogen-bond acceptors (Lipinski definition) is 4. The van der Waals surface area contributed by atoms with Crippen LogP contribution in [0.15, 0.2) is 28.7 Å². The first kappa shape index (κ1) is 13.7. The van der Waals surface area contributed by atoms with Gasteiger partial charge in [-0.15, -0.1) is 0 Å². The predicted octanol–water partition coefficient (Wildman–Crippen LogP) is 3.93. The minimum Gasteiger partial charge on any atom is -0.377 e. The van der Waals surface area contributed by atoms with Crippen molar-refractivity contribution < 1.29 is 4.74 Å². The Balaban J connectivity index is 2.11. The van der Waals surface area contributed by atoms with Gasteiger partial charge in [0, 0.05) is 17.1 Å². The van der Waals surface area contributed by atoms with Gasteiger partial charge in [0.05, 0.1) is 18.0 Å². The Morgan fingerprint density at radius 1 is 1.30 bits per heavy atom. The highest BCUT2D eigenvalue weighted by atomic mass is 79.9. The minimum absolute atomic E-state index is 0.533. The Morgan fingerprint density at radius 3 is 2.70 bits per heavy atom. The Hall–Kier alpha value is -1.24. The molecule has 0 aliphatic heterocycles. The van der Waals surface area contributed by atoms with Crippen LogP contribution in [0.25, 0.3) is 16.2 Å². The molecule has 0 aliphatic carbocycles. The second-order valence-electron chi connectivity index (χ2n) is 4.39. The van der Waals surface area contributed by atoms with E-state index in [2.05, 4.69) is 40.1 Å². The average molecular weight is 352 g/mol. The van der Waals surface area contributed by atoms with Crippen molar-refractivity contribution >= 4 is 32.2 Å². The van der Waals surface area contributed by atoms with Gasteiger partial charge in [-0.2, -0.15) is 5.10 Å². The molecule has 0 saturated carbocycles. The molecule has 2 heterocycles. The van der Waals surface area contributed by atoms with E-state index in [1.165, 1.54) is 0 Å². The van der Waals surface area contributed by atoms with Crippen LogP contribution in [-0.4, -0.2) is 21.7 Å². The number of aromatic nitrogens is 3. The standard InChI is InChI=1S/C14H14BrN3OS/c1-3-11-13(9-4-6-10(15)7-5-9)16-14-18(11)17-12(20-14)8-19-2/h4-7H,3,8H2,1-2H3. The molecule has 0 aliphatic rings. The second-order valence-corrected chi connectivity index (χ2v) is 6.35. The van der Waals surface area contributed by atoms with Crippen LogP contribution >= 0.6 is 27.3 Å². The van der Waals surface area contributed by atoms with E-state index in [0.717, 1.165) is 37.8 Å². The summed E-state index contributed by atoms with van der Waals surface area (Å²) in [5, 5.41) is 5.53. The third-order valence-corrected chi connectivity index (χ3v) is 4.47. The van der Waals surface area contributed by atoms with Crippen LogP contribution in [0.5, 0.6) is 0 Å². The SMILES string of the molecule is CCc1c(-c2ccc(Br)cc2)nc2sc(COC)nn12. The number of nitrogens with zero attached hydrogens (tertiary/aromatic N) is 3. The van der Waals surface area contributed by atoms with Crippen LogP contribution in [-0.2, 0) is 17.8 Å². The van der Waals surface area contributed by atoms with E-state index in [-0.39, 0.29) is 0 Å². The lowest BCUT2D eigenvalue weighted by Crippen LogP contribution is -1.96. The fraction of sp³-hybridized carbons (Fsp3) is 0.286. The average Bonchev–Trinajstić information content (AvgIpc) is 2.96. The van der Waals surface area contributed by atoms with Gasteiger partial charge < -0.3 is 4.74 Å². The van der Waals surface area contributed by atoms with E-state index >= 15 is 0 Å². The van der Waals surface area contributed by atoms with Gasteiger partial charge in [0.25, 0.3) is 0 Å². The third-order valence-electron chi connectivity index (χ3n) is 3.06. The van der Waals surface area contributed by atoms with Crippen molar-refractivity contribution in [2.75, 3.05) is 7.11 Å². The number of halogens is 1. The van der Waals surface area contributed by atoms with Crippen molar-refractivity contribution in [1.82, 2.24) is 14.6 Å². The number of methoxy groups -OCH3 is 1. The van der Waals surface area contributed by atoms with E-state index in [1.54, 1.807) is 18.4 Å². The zero-order valence-electron chi connectivity index (χ0n) is 11.3. The molecule has 4 nitrogen and oxygen atoms in total. The van der Waals surface area contributed by atoms with E-state index in [1.807, 2.05) is 16.6 Å². The summed E-state index contributed by atoms with van der Waals surface area (Å²) in [6, 6.07) is 8.22. The van der Waals surface area contributed by atoms with Crippen LogP contribution < -0.4 is 0 Å². The summed E-state index contributed by atoms with van der Waals surface area (Å²) in [7, 11) is 1.68. The number of hydrogen-bond donors (Lipinski definition) is 0. The maximum absolute atomic E-state index is 5.13. The molecule has 0 unspecified atom stereocenters. The van der Waals surface area contributed by atoms with Gasteiger partial charge in [0.15, 0.2) is 0 Å². The first-order valence-electron chi connectivity index (χ1n) is 6.35. The molecule has 3 rings (SSSR count). The van der Waals surface area contributed by atoms with Crippen LogP contribution in [0.1, 0.15) is 17.6 Å². The number of aryl methyl sites for hydroxylation is 1. The van der Waals surface area contributed by atoms with Gasteiger partial charge in [0.2, 0.25) is 4.96 Å². The van der Waals surface area contributed by atoms with E-state index in [9.17, 15) is 0 Å². The lowest BCUT2D eigenvalue weighted by atomic mass is 10.1. The van der Waals surface area contributed by atoms with Crippen molar-refractivity contribution in [2.45, 2.75) is 20.0 Å². The van der Waals surface area contributed by atoms with Crippen molar-refractivity contribution in [3.05, 3.63) is 39.4 Å². The molecule has 0 bridgehead atoms. The minimum atomic E-state index is 0.533. The van der Waals surface area contributed by atoms with Crippen LogP contribution in [0.4, 0.5) is 0 Å². The Morgan fingerprint density at radius 2 is 2.05 bits per heavy atom. The van der Waals surface area contributed by atoms with Crippen LogP contribution in [0.3, 0.4) is 0 Å². The highest BCUT2D eigenvalue weighted by Crippen LogP contribution is 2.28. The third kappa shape index (κ3) is 2.39. The molecule has 1 aromatic carbocycles. The van der Waals surface area contributed by atoms with Gasteiger partial charge in [0.1, 0.15) is 5.01 Å². The second kappa shape index (κ2) is 5.63. The van der Waals surface area contributed by atoms with Gasteiger partial charge in [-0.1, -0.05) is 46.3 Å². The molecular formula is C14H14BrN3OS. The van der Waals surface area contributed by atoms with Crippen molar-refractivity contribution in [3.8, 4) is 11.3 Å². The number of benzene rings is 1. The van der Waals surface area contributed by atoms with Gasteiger partial charge in [-0.25, -0.2) is 9.50 Å². The molecule has 0 N–H and O–H groups in total. The van der Waals surface area contributed by atoms with Gasteiger partial charge in [-0.05, 0) is 18.6 Å². The summed E-state index contributed by atoms with van der Waals surface area (Å²) in [5.41, 5.74) is 3.28. The molecule has 2 aromatic heterocycles. The molecule has 20 heavy (non-hydrogen) atoms. The molecule has 3 aromatic rings. The number of imidazole rings is 1. The lowest BCUT2D eigenvalue weighted by molar-refractivity contribution is 0.183. The maximum Gasteiger partial charge on any atom is 0.213 e. The zero-order chi connectivity index (χ0) is 14.1. The number of ether oxygens (including phenoxy) is 1. The molecule has 0 atom stereocenters. The Labute approximate surface area is 129 Å². The van der Waals surface area contributed by atoms with Crippen LogP contribution in [0, 0.1) is 0 Å². The van der Waals surface area contributed by atoms with E-state index in [4.69, 9.17) is 9.72 Å². The fourth-order valence-corrected chi connectivity index (χ4v) is 3.32. The Kier molecular flexibility index (Phi) is 3.87. The highest BCUT2D eigenvalue weighted by Gasteiger charge is 2.16. The molecule has 0 saturated heterocycles. The highest BCUT2D eigenvalue weighted by molar-refractivity contribution is 9.10. The van der Waals surface area contributed by atoms with E-state index < -0.39 is 0 Å². The topological polar surface area (TPSA) is 39.4 Å². The summed E-state index contributed by atoms with van der Waals surface area (Å²) in [6.45, 7) is 2.66. The molecule has 104 valence electrons. The molecular weight excluding hydrogens is 338 g/mol.